The smallest absolute Gasteiger partial charge is 0.245 e. The van der Waals surface area contributed by atoms with Crippen LogP contribution in [0.5, 0.6) is 0 Å². The number of nitrogens with two attached hydrogens (primary N) is 1. The Bertz CT molecular complexity index is 276. The van der Waals surface area contributed by atoms with Crippen LogP contribution in [0.15, 0.2) is 0 Å². The molecule has 1 rings (SSSR count). The molecule has 0 spiro atoms. The summed E-state index contributed by atoms with van der Waals surface area (Å²) in [5.41, 5.74) is 5.52. The second-order valence-electron chi connectivity index (χ2n) is 4.72. The van der Waals surface area contributed by atoms with Crippen molar-refractivity contribution in [1.82, 2.24) is 10.2 Å². The van der Waals surface area contributed by atoms with Crippen LogP contribution in [-0.2, 0) is 9.59 Å². The highest BCUT2D eigenvalue weighted by atomic mass is 16.2. The molecule has 0 radical (unpaired) electrons. The summed E-state index contributed by atoms with van der Waals surface area (Å²) in [7, 11) is 0. The number of likely N-dealkylation sites (tertiary alicyclic amines) is 1. The lowest BCUT2D eigenvalue weighted by molar-refractivity contribution is -0.133. The van der Waals surface area contributed by atoms with Gasteiger partial charge in [-0.3, -0.25) is 9.59 Å². The van der Waals surface area contributed by atoms with E-state index in [1.165, 1.54) is 0 Å². The van der Waals surface area contributed by atoms with Gasteiger partial charge in [0.25, 0.3) is 0 Å². The predicted octanol–water partition coefficient (Wildman–Crippen LogP) is -0.151. The first-order chi connectivity index (χ1) is 7.41. The molecule has 2 unspecified atom stereocenters. The van der Waals surface area contributed by atoms with Gasteiger partial charge >= 0.3 is 0 Å². The van der Waals surface area contributed by atoms with Crippen LogP contribution in [0.3, 0.4) is 0 Å². The minimum absolute atomic E-state index is 0.0213. The average molecular weight is 227 g/mol. The molecule has 1 aliphatic heterocycles. The van der Waals surface area contributed by atoms with Crippen molar-refractivity contribution in [3.63, 3.8) is 0 Å². The molecule has 0 aromatic heterocycles. The normalized spacial score (nSPS) is 22.7. The summed E-state index contributed by atoms with van der Waals surface area (Å²) in [5, 5.41) is 2.73. The zero-order chi connectivity index (χ0) is 12.3. The molecule has 2 amide bonds. The predicted molar refractivity (Wildman–Crippen MR) is 61.7 cm³/mol. The van der Waals surface area contributed by atoms with Gasteiger partial charge in [0.2, 0.25) is 11.8 Å². The standard InChI is InChI=1S/C11H21N3O2/c1-7(2)14-5-4-9(11(14)16)13-10(15)6-8(3)12/h7-9H,4-6,12H2,1-3H3,(H,13,15). The van der Waals surface area contributed by atoms with E-state index in [2.05, 4.69) is 5.32 Å². The zero-order valence-electron chi connectivity index (χ0n) is 10.2. The summed E-state index contributed by atoms with van der Waals surface area (Å²) < 4.78 is 0. The molecule has 1 heterocycles. The minimum atomic E-state index is -0.353. The molecule has 2 atom stereocenters. The molecular formula is C11H21N3O2. The molecule has 0 aromatic rings. The first kappa shape index (κ1) is 13.0. The van der Waals surface area contributed by atoms with Gasteiger partial charge in [-0.2, -0.15) is 0 Å². The monoisotopic (exact) mass is 227 g/mol. The van der Waals surface area contributed by atoms with Crippen molar-refractivity contribution in [2.24, 2.45) is 5.73 Å². The molecule has 92 valence electrons. The lowest BCUT2D eigenvalue weighted by Crippen LogP contribution is -2.44. The second kappa shape index (κ2) is 5.30. The van der Waals surface area contributed by atoms with Crippen LogP contribution in [0, 0.1) is 0 Å². The highest BCUT2D eigenvalue weighted by molar-refractivity contribution is 5.89. The van der Waals surface area contributed by atoms with Crippen molar-refractivity contribution in [3.8, 4) is 0 Å². The summed E-state index contributed by atoms with van der Waals surface area (Å²) in [5.74, 6) is -0.119. The summed E-state index contributed by atoms with van der Waals surface area (Å²) in [6.07, 6.45) is 0.965. The first-order valence-electron chi connectivity index (χ1n) is 5.77. The number of nitrogens with zero attached hydrogens (tertiary/aromatic N) is 1. The van der Waals surface area contributed by atoms with E-state index in [9.17, 15) is 9.59 Å². The van der Waals surface area contributed by atoms with E-state index in [0.29, 0.717) is 6.42 Å². The molecule has 16 heavy (non-hydrogen) atoms. The van der Waals surface area contributed by atoms with Gasteiger partial charge in [-0.1, -0.05) is 0 Å². The van der Waals surface area contributed by atoms with Crippen LogP contribution in [0.25, 0.3) is 0 Å². The van der Waals surface area contributed by atoms with E-state index in [1.807, 2.05) is 13.8 Å². The molecule has 1 saturated heterocycles. The lowest BCUT2D eigenvalue weighted by atomic mass is 10.2. The Labute approximate surface area is 96.4 Å². The van der Waals surface area contributed by atoms with Gasteiger partial charge in [0.1, 0.15) is 6.04 Å². The van der Waals surface area contributed by atoms with Crippen molar-refractivity contribution in [2.75, 3.05) is 6.54 Å². The van der Waals surface area contributed by atoms with Crippen LogP contribution in [0.1, 0.15) is 33.6 Å². The highest BCUT2D eigenvalue weighted by Crippen LogP contribution is 2.14. The Kier molecular flexibility index (Phi) is 4.29. The van der Waals surface area contributed by atoms with Crippen molar-refractivity contribution in [3.05, 3.63) is 0 Å². The number of carbonyl (C=O) groups is 2. The molecule has 5 nitrogen and oxygen atoms in total. The van der Waals surface area contributed by atoms with Crippen molar-refractivity contribution in [2.45, 2.75) is 51.7 Å². The minimum Gasteiger partial charge on any atom is -0.344 e. The number of hydrogen-bond donors (Lipinski definition) is 2. The molecular weight excluding hydrogens is 206 g/mol. The number of nitrogens with one attached hydrogen (secondary N) is 1. The Morgan fingerprint density at radius 2 is 2.19 bits per heavy atom. The maximum absolute atomic E-state index is 11.8. The zero-order valence-corrected chi connectivity index (χ0v) is 10.2. The van der Waals surface area contributed by atoms with Crippen LogP contribution in [0.4, 0.5) is 0 Å². The SMILES string of the molecule is CC(N)CC(=O)NC1CCN(C(C)C)C1=O. The van der Waals surface area contributed by atoms with Gasteiger partial charge in [0, 0.05) is 25.0 Å². The Balaban J connectivity index is 2.46. The first-order valence-corrected chi connectivity index (χ1v) is 5.77. The molecule has 3 N–H and O–H groups in total. The summed E-state index contributed by atoms with van der Waals surface area (Å²) in [4.78, 5) is 25.1. The molecule has 1 aliphatic rings. The molecule has 5 heteroatoms. The van der Waals surface area contributed by atoms with E-state index in [0.717, 1.165) is 6.54 Å². The fourth-order valence-electron chi connectivity index (χ4n) is 1.89. The van der Waals surface area contributed by atoms with Crippen LogP contribution in [0.2, 0.25) is 0 Å². The summed E-state index contributed by atoms with van der Waals surface area (Å²) in [6.45, 7) is 6.45. The van der Waals surface area contributed by atoms with Crippen LogP contribution >= 0.6 is 0 Å². The van der Waals surface area contributed by atoms with Gasteiger partial charge in [0.15, 0.2) is 0 Å². The number of hydrogen-bond acceptors (Lipinski definition) is 3. The summed E-state index contributed by atoms with van der Waals surface area (Å²) in [6, 6.07) is -0.325. The van der Waals surface area contributed by atoms with Crippen LogP contribution in [-0.4, -0.2) is 41.4 Å². The van der Waals surface area contributed by atoms with E-state index in [-0.39, 0.29) is 36.4 Å². The van der Waals surface area contributed by atoms with Crippen LogP contribution < -0.4 is 11.1 Å². The maximum Gasteiger partial charge on any atom is 0.245 e. The number of rotatable bonds is 4. The van der Waals surface area contributed by atoms with Gasteiger partial charge in [-0.25, -0.2) is 0 Å². The molecule has 0 bridgehead atoms. The molecule has 1 fully saturated rings. The van der Waals surface area contributed by atoms with Gasteiger partial charge in [-0.05, 0) is 27.2 Å². The largest absolute Gasteiger partial charge is 0.344 e. The quantitative estimate of drug-likeness (QED) is 0.701. The third kappa shape index (κ3) is 3.20. The Morgan fingerprint density at radius 1 is 1.56 bits per heavy atom. The average Bonchev–Trinajstić information content (AvgIpc) is 2.46. The summed E-state index contributed by atoms with van der Waals surface area (Å²) >= 11 is 0. The Hall–Kier alpha value is -1.10. The third-order valence-electron chi connectivity index (χ3n) is 2.71. The lowest BCUT2D eigenvalue weighted by Gasteiger charge is -2.21. The fourth-order valence-corrected chi connectivity index (χ4v) is 1.89. The maximum atomic E-state index is 11.8. The van der Waals surface area contributed by atoms with E-state index < -0.39 is 0 Å². The van der Waals surface area contributed by atoms with Crippen molar-refractivity contribution >= 4 is 11.8 Å². The fraction of sp³-hybridized carbons (Fsp3) is 0.818. The van der Waals surface area contributed by atoms with Gasteiger partial charge in [0.05, 0.1) is 0 Å². The molecule has 0 saturated carbocycles. The van der Waals surface area contributed by atoms with E-state index >= 15 is 0 Å². The van der Waals surface area contributed by atoms with Gasteiger partial charge in [-0.15, -0.1) is 0 Å². The second-order valence-corrected chi connectivity index (χ2v) is 4.72. The van der Waals surface area contributed by atoms with E-state index in [1.54, 1.807) is 11.8 Å². The van der Waals surface area contributed by atoms with Crippen molar-refractivity contribution < 1.29 is 9.59 Å². The number of carbonyl (C=O) groups excluding carboxylic acids is 2. The van der Waals surface area contributed by atoms with E-state index in [4.69, 9.17) is 5.73 Å². The highest BCUT2D eigenvalue weighted by Gasteiger charge is 2.33. The Morgan fingerprint density at radius 3 is 2.62 bits per heavy atom. The molecule has 0 aliphatic carbocycles. The van der Waals surface area contributed by atoms with Crippen molar-refractivity contribution in [1.29, 1.82) is 0 Å². The topological polar surface area (TPSA) is 75.4 Å². The number of amides is 2. The molecule has 0 aromatic carbocycles. The third-order valence-corrected chi connectivity index (χ3v) is 2.71. The van der Waals surface area contributed by atoms with Gasteiger partial charge < -0.3 is 16.0 Å².